The number of rotatable bonds is 3. The Morgan fingerprint density at radius 3 is 2.75 bits per heavy atom. The molecule has 3 heterocycles. The van der Waals surface area contributed by atoms with E-state index in [4.69, 9.17) is 9.47 Å². The Morgan fingerprint density at radius 2 is 1.91 bits per heavy atom. The Balaban J connectivity index is 1.32. The topological polar surface area (TPSA) is 80.8 Å². The van der Waals surface area contributed by atoms with Crippen molar-refractivity contribution in [2.24, 2.45) is 0 Å². The minimum atomic E-state index is -0.236. The van der Waals surface area contributed by atoms with Crippen molar-refractivity contribution in [2.75, 3.05) is 23.4 Å². The summed E-state index contributed by atoms with van der Waals surface area (Å²) in [5.74, 6) is 1.02. The Bertz CT molecular complexity index is 1260. The lowest BCUT2D eigenvalue weighted by Gasteiger charge is -2.23. The molecular formula is C24H19N3O4S. The van der Waals surface area contributed by atoms with Gasteiger partial charge in [0.1, 0.15) is 18.2 Å². The van der Waals surface area contributed by atoms with Gasteiger partial charge in [-0.2, -0.15) is 0 Å². The number of ether oxygens (including phenoxy) is 2. The van der Waals surface area contributed by atoms with Gasteiger partial charge >= 0.3 is 0 Å². The molecule has 6 rings (SSSR count). The quantitative estimate of drug-likeness (QED) is 0.645. The second-order valence-electron chi connectivity index (χ2n) is 7.86. The zero-order valence-electron chi connectivity index (χ0n) is 17.0. The first-order chi connectivity index (χ1) is 15.7. The standard InChI is InChI=1S/C24H19N3O4S/c28-22(26-15-4-8-19-20(13-15)31-11-10-30-19)14-3-7-18-21(12-14)32-23-17(2-1-9-25-23)24(29)27(18)16-5-6-16/h1-4,7-9,12-13,16H,5-6,10-11H2,(H,26,28). The fourth-order valence-electron chi connectivity index (χ4n) is 3.93. The van der Waals surface area contributed by atoms with Gasteiger partial charge in [0.2, 0.25) is 0 Å². The van der Waals surface area contributed by atoms with Crippen LogP contribution in [0.15, 0.2) is 64.6 Å². The van der Waals surface area contributed by atoms with Crippen molar-refractivity contribution in [3.63, 3.8) is 0 Å². The molecule has 0 unspecified atom stereocenters. The third-order valence-corrected chi connectivity index (χ3v) is 6.69. The molecule has 1 saturated carbocycles. The Hall–Kier alpha value is -3.52. The largest absolute Gasteiger partial charge is 0.486 e. The third kappa shape index (κ3) is 3.36. The lowest BCUT2D eigenvalue weighted by molar-refractivity contribution is 0.0981. The van der Waals surface area contributed by atoms with Crippen molar-refractivity contribution < 1.29 is 19.1 Å². The van der Waals surface area contributed by atoms with E-state index in [0.29, 0.717) is 46.6 Å². The van der Waals surface area contributed by atoms with Gasteiger partial charge in [0.15, 0.2) is 11.5 Å². The second kappa shape index (κ2) is 7.56. The first-order valence-corrected chi connectivity index (χ1v) is 11.3. The molecule has 2 aromatic carbocycles. The maximum atomic E-state index is 13.2. The van der Waals surface area contributed by atoms with E-state index in [1.54, 1.807) is 36.5 Å². The summed E-state index contributed by atoms with van der Waals surface area (Å²) in [5, 5.41) is 3.58. The number of nitrogens with zero attached hydrogens (tertiary/aromatic N) is 2. The summed E-state index contributed by atoms with van der Waals surface area (Å²) >= 11 is 1.42. The molecule has 2 amide bonds. The molecule has 0 bridgehead atoms. The molecule has 3 aliphatic rings. The molecule has 1 aliphatic carbocycles. The normalized spacial score (nSPS) is 16.6. The summed E-state index contributed by atoms with van der Waals surface area (Å²) in [6.45, 7) is 1.00. The molecule has 1 fully saturated rings. The maximum absolute atomic E-state index is 13.2. The van der Waals surface area contributed by atoms with Crippen molar-refractivity contribution in [2.45, 2.75) is 28.8 Å². The summed E-state index contributed by atoms with van der Waals surface area (Å²) in [6.07, 6.45) is 3.65. The van der Waals surface area contributed by atoms with Gasteiger partial charge in [-0.05, 0) is 55.3 Å². The minimum absolute atomic E-state index is 0.0321. The highest BCUT2D eigenvalue weighted by Gasteiger charge is 2.38. The van der Waals surface area contributed by atoms with Gasteiger partial charge in [-0.1, -0.05) is 11.8 Å². The predicted octanol–water partition coefficient (Wildman–Crippen LogP) is 4.38. The van der Waals surface area contributed by atoms with Crippen LogP contribution >= 0.6 is 11.8 Å². The first kappa shape index (κ1) is 19.2. The number of aromatic nitrogens is 1. The van der Waals surface area contributed by atoms with Crippen LogP contribution < -0.4 is 19.7 Å². The van der Waals surface area contributed by atoms with Crippen LogP contribution in [-0.2, 0) is 0 Å². The monoisotopic (exact) mass is 445 g/mol. The van der Waals surface area contributed by atoms with E-state index in [2.05, 4.69) is 10.3 Å². The fraction of sp³-hybridized carbons (Fsp3) is 0.208. The number of nitrogens with one attached hydrogen (secondary N) is 1. The van der Waals surface area contributed by atoms with E-state index in [1.165, 1.54) is 11.8 Å². The smallest absolute Gasteiger partial charge is 0.261 e. The van der Waals surface area contributed by atoms with Gasteiger partial charge in [0.25, 0.3) is 11.8 Å². The molecule has 160 valence electrons. The molecule has 1 aromatic heterocycles. The number of carbonyl (C=O) groups excluding carboxylic acids is 2. The van der Waals surface area contributed by atoms with Crippen LogP contribution in [0.1, 0.15) is 33.6 Å². The van der Waals surface area contributed by atoms with E-state index in [-0.39, 0.29) is 17.9 Å². The minimum Gasteiger partial charge on any atom is -0.486 e. The zero-order valence-corrected chi connectivity index (χ0v) is 17.9. The lowest BCUT2D eigenvalue weighted by Crippen LogP contribution is -2.33. The van der Waals surface area contributed by atoms with Crippen molar-refractivity contribution in [3.8, 4) is 11.5 Å². The zero-order chi connectivity index (χ0) is 21.7. The molecule has 2 aliphatic heterocycles. The molecule has 0 saturated heterocycles. The molecule has 0 spiro atoms. The van der Waals surface area contributed by atoms with Gasteiger partial charge in [0, 0.05) is 34.5 Å². The summed E-state index contributed by atoms with van der Waals surface area (Å²) in [6, 6.07) is 14.6. The lowest BCUT2D eigenvalue weighted by atomic mass is 10.1. The molecule has 7 nitrogen and oxygen atoms in total. The van der Waals surface area contributed by atoms with Crippen LogP contribution in [-0.4, -0.2) is 36.1 Å². The summed E-state index contributed by atoms with van der Waals surface area (Å²) in [4.78, 5) is 33.4. The summed E-state index contributed by atoms with van der Waals surface area (Å²) < 4.78 is 11.1. The average molecular weight is 446 g/mol. The molecular weight excluding hydrogens is 426 g/mol. The molecule has 8 heteroatoms. The third-order valence-electron chi connectivity index (χ3n) is 5.62. The van der Waals surface area contributed by atoms with Gasteiger partial charge in [-0.3, -0.25) is 9.59 Å². The van der Waals surface area contributed by atoms with Crippen LogP contribution in [0.25, 0.3) is 0 Å². The van der Waals surface area contributed by atoms with Gasteiger partial charge in [-0.25, -0.2) is 4.98 Å². The van der Waals surface area contributed by atoms with E-state index in [1.807, 2.05) is 23.1 Å². The Morgan fingerprint density at radius 1 is 1.06 bits per heavy atom. The molecule has 3 aromatic rings. The van der Waals surface area contributed by atoms with Gasteiger partial charge in [0.05, 0.1) is 11.3 Å². The van der Waals surface area contributed by atoms with Crippen LogP contribution in [0.2, 0.25) is 0 Å². The number of benzene rings is 2. The summed E-state index contributed by atoms with van der Waals surface area (Å²) in [5.41, 5.74) is 2.57. The van der Waals surface area contributed by atoms with E-state index >= 15 is 0 Å². The molecule has 32 heavy (non-hydrogen) atoms. The molecule has 1 N–H and O–H groups in total. The molecule has 0 atom stereocenters. The van der Waals surface area contributed by atoms with Crippen LogP contribution in [0.5, 0.6) is 11.5 Å². The highest BCUT2D eigenvalue weighted by atomic mass is 32.2. The van der Waals surface area contributed by atoms with E-state index in [9.17, 15) is 9.59 Å². The number of carbonyl (C=O) groups is 2. The average Bonchev–Trinajstić information content (AvgIpc) is 3.66. The van der Waals surface area contributed by atoms with Crippen LogP contribution in [0.4, 0.5) is 11.4 Å². The number of hydrogen-bond acceptors (Lipinski definition) is 6. The number of hydrogen-bond donors (Lipinski definition) is 1. The van der Waals surface area contributed by atoms with Crippen molar-refractivity contribution in [1.29, 1.82) is 0 Å². The Kier molecular flexibility index (Phi) is 4.53. The highest BCUT2D eigenvalue weighted by molar-refractivity contribution is 7.99. The van der Waals surface area contributed by atoms with E-state index in [0.717, 1.165) is 23.4 Å². The van der Waals surface area contributed by atoms with E-state index < -0.39 is 0 Å². The van der Waals surface area contributed by atoms with Crippen molar-refractivity contribution in [3.05, 3.63) is 65.9 Å². The predicted molar refractivity (Wildman–Crippen MR) is 120 cm³/mol. The highest BCUT2D eigenvalue weighted by Crippen LogP contribution is 2.45. The maximum Gasteiger partial charge on any atom is 0.261 e. The number of anilines is 2. The number of fused-ring (bicyclic) bond motifs is 3. The Labute approximate surface area is 188 Å². The van der Waals surface area contributed by atoms with Crippen LogP contribution in [0, 0.1) is 0 Å². The molecule has 0 radical (unpaired) electrons. The number of pyridine rings is 1. The van der Waals surface area contributed by atoms with Gasteiger partial charge in [-0.15, -0.1) is 0 Å². The van der Waals surface area contributed by atoms with Gasteiger partial charge < -0.3 is 19.7 Å². The second-order valence-corrected chi connectivity index (χ2v) is 8.89. The van der Waals surface area contributed by atoms with Crippen LogP contribution in [0.3, 0.4) is 0 Å². The van der Waals surface area contributed by atoms with Crippen molar-refractivity contribution in [1.82, 2.24) is 4.98 Å². The van der Waals surface area contributed by atoms with Crippen molar-refractivity contribution >= 4 is 35.0 Å². The number of amides is 2. The first-order valence-electron chi connectivity index (χ1n) is 10.5. The summed E-state index contributed by atoms with van der Waals surface area (Å²) in [7, 11) is 0. The fourth-order valence-corrected chi connectivity index (χ4v) is 4.98. The SMILES string of the molecule is O=C(Nc1ccc2c(c1)OCCO2)c1ccc2c(c1)Sc1ncccc1C(=O)N2C1CC1.